The number of primary amides is 1. The number of aromatic nitrogens is 3. The second kappa shape index (κ2) is 5.73. The highest BCUT2D eigenvalue weighted by molar-refractivity contribution is 6.35. The summed E-state index contributed by atoms with van der Waals surface area (Å²) in [5.74, 6) is -0.212. The zero-order valence-electron chi connectivity index (χ0n) is 13.7. The van der Waals surface area contributed by atoms with Gasteiger partial charge in [-0.1, -0.05) is 11.6 Å². The maximum atomic E-state index is 12.1. The molecular formula is C16H14ClN5O4. The summed E-state index contributed by atoms with van der Waals surface area (Å²) in [7, 11) is 0. The lowest BCUT2D eigenvalue weighted by Crippen LogP contribution is -2.38. The molecule has 10 heteroatoms. The third-order valence-electron chi connectivity index (χ3n) is 4.32. The number of amides is 2. The summed E-state index contributed by atoms with van der Waals surface area (Å²) in [4.78, 5) is 28.8. The monoisotopic (exact) mass is 375 g/mol. The fraction of sp³-hybridized carbons (Fsp3) is 0.250. The zero-order valence-corrected chi connectivity index (χ0v) is 14.4. The van der Waals surface area contributed by atoms with Crippen LogP contribution in [0.25, 0.3) is 22.4 Å². The molecule has 3 N–H and O–H groups in total. The lowest BCUT2D eigenvalue weighted by atomic mass is 10.0. The second-order valence-corrected chi connectivity index (χ2v) is 6.41. The van der Waals surface area contributed by atoms with Gasteiger partial charge in [0.1, 0.15) is 11.2 Å². The van der Waals surface area contributed by atoms with Crippen LogP contribution in [-0.4, -0.2) is 43.3 Å². The van der Waals surface area contributed by atoms with Gasteiger partial charge >= 0.3 is 6.09 Å². The van der Waals surface area contributed by atoms with Crippen LogP contribution in [0.15, 0.2) is 16.5 Å². The van der Waals surface area contributed by atoms with Gasteiger partial charge in [-0.05, 0) is 12.1 Å². The third kappa shape index (κ3) is 2.48. The van der Waals surface area contributed by atoms with Crippen molar-refractivity contribution < 1.29 is 19.1 Å². The second-order valence-electron chi connectivity index (χ2n) is 6.00. The van der Waals surface area contributed by atoms with Gasteiger partial charge in [0.05, 0.1) is 29.4 Å². The van der Waals surface area contributed by atoms with Crippen molar-refractivity contribution >= 4 is 34.7 Å². The van der Waals surface area contributed by atoms with E-state index in [4.69, 9.17) is 21.8 Å². The smallest absolute Gasteiger partial charge is 0.407 e. The summed E-state index contributed by atoms with van der Waals surface area (Å²) in [5, 5.41) is 14.0. The predicted octanol–water partition coefficient (Wildman–Crippen LogP) is 2.25. The highest BCUT2D eigenvalue weighted by Gasteiger charge is 2.29. The highest BCUT2D eigenvalue weighted by atomic mass is 35.5. The maximum Gasteiger partial charge on any atom is 0.407 e. The number of carboxylic acid groups (broad SMARTS) is 1. The van der Waals surface area contributed by atoms with Crippen molar-refractivity contribution in [2.75, 3.05) is 6.54 Å². The molecule has 9 nitrogen and oxygen atoms in total. The van der Waals surface area contributed by atoms with E-state index in [1.54, 1.807) is 23.7 Å². The largest absolute Gasteiger partial charge is 0.465 e. The molecule has 1 aliphatic heterocycles. The van der Waals surface area contributed by atoms with Crippen molar-refractivity contribution in [2.45, 2.75) is 20.0 Å². The number of nitrogens with zero attached hydrogens (tertiary/aromatic N) is 4. The van der Waals surface area contributed by atoms with Gasteiger partial charge in [-0.2, -0.15) is 5.10 Å². The molecule has 0 bridgehead atoms. The molecule has 3 aromatic rings. The van der Waals surface area contributed by atoms with Gasteiger partial charge in [-0.3, -0.25) is 9.48 Å². The fourth-order valence-electron chi connectivity index (χ4n) is 3.18. The normalized spacial score (nSPS) is 13.8. The van der Waals surface area contributed by atoms with Gasteiger partial charge in [0, 0.05) is 19.0 Å². The first kappa shape index (κ1) is 16.4. The van der Waals surface area contributed by atoms with Crippen LogP contribution in [0.1, 0.15) is 21.9 Å². The van der Waals surface area contributed by atoms with Crippen LogP contribution in [0.5, 0.6) is 0 Å². The van der Waals surface area contributed by atoms with E-state index in [0.717, 1.165) is 0 Å². The molecule has 4 rings (SSSR count). The SMILES string of the molecule is Cc1nc2cc(-c3nn4c(c3C(N)=O)CN(C(=O)O)CC4)cc(Cl)c2o1. The standard InChI is InChI=1S/C16H14ClN5O4/c1-7-19-10-5-8(4-9(17)14(10)26-7)13-12(15(18)23)11-6-21(16(24)25)2-3-22(11)20-13/h4-5H,2-3,6H2,1H3,(H2,18,23)(H,24,25). The number of carbonyl (C=O) groups excluding carboxylic acids is 1. The first-order valence-corrected chi connectivity index (χ1v) is 8.17. The Balaban J connectivity index is 1.90. The van der Waals surface area contributed by atoms with Gasteiger partial charge in [0.2, 0.25) is 0 Å². The van der Waals surface area contributed by atoms with E-state index < -0.39 is 12.0 Å². The molecule has 1 aliphatic rings. The minimum atomic E-state index is -1.06. The molecule has 2 aromatic heterocycles. The summed E-state index contributed by atoms with van der Waals surface area (Å²) >= 11 is 6.28. The van der Waals surface area contributed by atoms with Gasteiger partial charge < -0.3 is 20.2 Å². The molecular weight excluding hydrogens is 362 g/mol. The number of hydrogen-bond acceptors (Lipinski definition) is 5. The highest BCUT2D eigenvalue weighted by Crippen LogP contribution is 2.34. The molecule has 0 aliphatic carbocycles. The van der Waals surface area contributed by atoms with E-state index in [-0.39, 0.29) is 18.7 Å². The number of hydrogen-bond donors (Lipinski definition) is 2. The molecule has 0 fully saturated rings. The van der Waals surface area contributed by atoms with E-state index in [1.165, 1.54) is 4.90 Å². The van der Waals surface area contributed by atoms with Crippen LogP contribution in [0.3, 0.4) is 0 Å². The Bertz CT molecular complexity index is 1070. The Hall–Kier alpha value is -3.07. The summed E-state index contributed by atoms with van der Waals surface area (Å²) in [5.41, 5.74) is 8.13. The number of benzene rings is 1. The Morgan fingerprint density at radius 1 is 1.35 bits per heavy atom. The number of nitrogens with two attached hydrogens (primary N) is 1. The van der Waals surface area contributed by atoms with Crippen LogP contribution in [0, 0.1) is 6.92 Å². The molecule has 2 amide bonds. The molecule has 3 heterocycles. The van der Waals surface area contributed by atoms with Crippen molar-refractivity contribution in [3.05, 3.63) is 34.3 Å². The van der Waals surface area contributed by atoms with Crippen LogP contribution in [-0.2, 0) is 13.1 Å². The Morgan fingerprint density at radius 2 is 2.12 bits per heavy atom. The number of carbonyl (C=O) groups is 2. The van der Waals surface area contributed by atoms with Crippen molar-refractivity contribution in [1.29, 1.82) is 0 Å². The number of fused-ring (bicyclic) bond motifs is 2. The molecule has 0 unspecified atom stereocenters. The minimum Gasteiger partial charge on any atom is -0.465 e. The molecule has 0 radical (unpaired) electrons. The Labute approximate surface area is 151 Å². The topological polar surface area (TPSA) is 127 Å². The lowest BCUT2D eigenvalue weighted by molar-refractivity contribution is 0.0993. The van der Waals surface area contributed by atoms with Crippen molar-refractivity contribution in [1.82, 2.24) is 19.7 Å². The third-order valence-corrected chi connectivity index (χ3v) is 4.60. The summed E-state index contributed by atoms with van der Waals surface area (Å²) in [6.07, 6.45) is -1.06. The van der Waals surface area contributed by atoms with Gasteiger partial charge in [-0.25, -0.2) is 9.78 Å². The lowest BCUT2D eigenvalue weighted by Gasteiger charge is -2.25. The molecule has 0 atom stereocenters. The number of oxazole rings is 1. The van der Waals surface area contributed by atoms with Crippen molar-refractivity contribution in [3.8, 4) is 11.3 Å². The number of aryl methyl sites for hydroxylation is 1. The first-order valence-electron chi connectivity index (χ1n) is 7.79. The Kier molecular flexibility index (Phi) is 3.62. The summed E-state index contributed by atoms with van der Waals surface area (Å²) in [6, 6.07) is 3.34. The zero-order chi connectivity index (χ0) is 18.6. The van der Waals surface area contributed by atoms with Crippen LogP contribution >= 0.6 is 11.6 Å². The van der Waals surface area contributed by atoms with Crippen LogP contribution in [0.4, 0.5) is 4.79 Å². The van der Waals surface area contributed by atoms with E-state index >= 15 is 0 Å². The average molecular weight is 376 g/mol. The number of halogens is 1. The first-order chi connectivity index (χ1) is 12.3. The van der Waals surface area contributed by atoms with E-state index in [9.17, 15) is 14.7 Å². The van der Waals surface area contributed by atoms with Crippen LogP contribution < -0.4 is 5.73 Å². The minimum absolute atomic E-state index is 0.0413. The van der Waals surface area contributed by atoms with Crippen LogP contribution in [0.2, 0.25) is 5.02 Å². The molecule has 1 aromatic carbocycles. The van der Waals surface area contributed by atoms with Gasteiger partial charge in [0.25, 0.3) is 5.91 Å². The van der Waals surface area contributed by atoms with Gasteiger partial charge in [0.15, 0.2) is 11.5 Å². The average Bonchev–Trinajstić information content (AvgIpc) is 3.13. The quantitative estimate of drug-likeness (QED) is 0.707. The van der Waals surface area contributed by atoms with Crippen molar-refractivity contribution in [2.24, 2.45) is 5.73 Å². The molecule has 134 valence electrons. The maximum absolute atomic E-state index is 12.1. The fourth-order valence-corrected chi connectivity index (χ4v) is 3.43. The van der Waals surface area contributed by atoms with E-state index in [0.29, 0.717) is 45.5 Å². The Morgan fingerprint density at radius 3 is 2.81 bits per heavy atom. The van der Waals surface area contributed by atoms with Gasteiger partial charge in [-0.15, -0.1) is 0 Å². The van der Waals surface area contributed by atoms with E-state index in [1.807, 2.05) is 0 Å². The molecule has 0 saturated carbocycles. The molecule has 0 spiro atoms. The molecule has 26 heavy (non-hydrogen) atoms. The predicted molar refractivity (Wildman–Crippen MR) is 91.9 cm³/mol. The van der Waals surface area contributed by atoms with E-state index in [2.05, 4.69) is 10.1 Å². The molecule has 0 saturated heterocycles. The number of rotatable bonds is 2. The summed E-state index contributed by atoms with van der Waals surface area (Å²) in [6.45, 7) is 2.37. The van der Waals surface area contributed by atoms with Crippen molar-refractivity contribution in [3.63, 3.8) is 0 Å². The summed E-state index contributed by atoms with van der Waals surface area (Å²) < 4.78 is 7.07.